The molecule has 0 bridgehead atoms. The monoisotopic (exact) mass is 520 g/mol. The Bertz CT molecular complexity index is 1320. The molecule has 0 aliphatic rings. The van der Waals surface area contributed by atoms with Crippen molar-refractivity contribution < 1.29 is 14.4 Å². The fourth-order valence-electron chi connectivity index (χ4n) is 4.25. The molecule has 0 spiro atoms. The number of hydrogen-bond donors (Lipinski definition) is 3. The zero-order chi connectivity index (χ0) is 27.5. The summed E-state index contributed by atoms with van der Waals surface area (Å²) in [4.78, 5) is 39.2. The number of carbonyl (C=O) groups is 3. The van der Waals surface area contributed by atoms with E-state index < -0.39 is 17.9 Å². The SMILES string of the molecule is NC(=O)C(Cc1ccccc1)NC(=O)CNC(=O)c1ccc(N(Cc2ccccc2)Cc2ccccc2)cc1. The maximum absolute atomic E-state index is 12.7. The molecule has 1 atom stereocenters. The molecule has 0 aliphatic carbocycles. The van der Waals surface area contributed by atoms with Crippen LogP contribution in [-0.4, -0.2) is 30.3 Å². The lowest BCUT2D eigenvalue weighted by molar-refractivity contribution is -0.126. The molecule has 0 aromatic heterocycles. The topological polar surface area (TPSA) is 105 Å². The van der Waals surface area contributed by atoms with Gasteiger partial charge in [-0.25, -0.2) is 0 Å². The van der Waals surface area contributed by atoms with Crippen molar-refractivity contribution in [2.45, 2.75) is 25.6 Å². The summed E-state index contributed by atoms with van der Waals surface area (Å²) in [5.74, 6) is -1.51. The van der Waals surface area contributed by atoms with Crippen LogP contribution in [0.3, 0.4) is 0 Å². The smallest absolute Gasteiger partial charge is 0.251 e. The lowest BCUT2D eigenvalue weighted by Crippen LogP contribution is -2.49. The van der Waals surface area contributed by atoms with Crippen molar-refractivity contribution in [3.8, 4) is 0 Å². The maximum Gasteiger partial charge on any atom is 0.251 e. The van der Waals surface area contributed by atoms with Crippen LogP contribution in [0, 0.1) is 0 Å². The summed E-state index contributed by atoms with van der Waals surface area (Å²) >= 11 is 0. The number of benzene rings is 4. The van der Waals surface area contributed by atoms with Gasteiger partial charge in [0.15, 0.2) is 0 Å². The average molecular weight is 521 g/mol. The van der Waals surface area contributed by atoms with Gasteiger partial charge in [-0.05, 0) is 41.0 Å². The van der Waals surface area contributed by atoms with Gasteiger partial charge in [0.1, 0.15) is 6.04 Å². The Morgan fingerprint density at radius 1 is 0.667 bits per heavy atom. The minimum absolute atomic E-state index is 0.271. The van der Waals surface area contributed by atoms with E-state index in [1.807, 2.05) is 78.9 Å². The quantitative estimate of drug-likeness (QED) is 0.264. The van der Waals surface area contributed by atoms with E-state index in [4.69, 9.17) is 5.73 Å². The molecular weight excluding hydrogens is 488 g/mol. The second-order valence-electron chi connectivity index (χ2n) is 9.27. The predicted octanol–water partition coefficient (Wildman–Crippen LogP) is 3.84. The first-order valence-corrected chi connectivity index (χ1v) is 12.8. The van der Waals surface area contributed by atoms with Crippen LogP contribution in [0.5, 0.6) is 0 Å². The third-order valence-corrected chi connectivity index (χ3v) is 6.30. The van der Waals surface area contributed by atoms with Crippen molar-refractivity contribution in [1.29, 1.82) is 0 Å². The van der Waals surface area contributed by atoms with Gasteiger partial charge in [-0.3, -0.25) is 14.4 Å². The molecule has 7 nitrogen and oxygen atoms in total. The number of hydrogen-bond acceptors (Lipinski definition) is 4. The van der Waals surface area contributed by atoms with Crippen molar-refractivity contribution >= 4 is 23.4 Å². The van der Waals surface area contributed by atoms with Gasteiger partial charge in [0.2, 0.25) is 11.8 Å². The Kier molecular flexibility index (Phi) is 9.45. The standard InChI is InChI=1S/C32H32N4O3/c33-31(38)29(20-24-10-4-1-5-11-24)35-30(37)21-34-32(39)27-16-18-28(19-17-27)36(22-25-12-6-2-7-13-25)23-26-14-8-3-9-15-26/h1-19,29H,20-23H2,(H2,33,38)(H,34,39)(H,35,37). The van der Waals surface area contributed by atoms with E-state index in [0.717, 1.165) is 11.3 Å². The summed E-state index contributed by atoms with van der Waals surface area (Å²) in [6, 6.07) is 36.2. The van der Waals surface area contributed by atoms with Crippen LogP contribution >= 0.6 is 0 Å². The third kappa shape index (κ3) is 8.30. The highest BCUT2D eigenvalue weighted by atomic mass is 16.2. The Morgan fingerprint density at radius 2 is 1.15 bits per heavy atom. The minimum Gasteiger partial charge on any atom is -0.368 e. The fraction of sp³-hybridized carbons (Fsp3) is 0.156. The molecule has 1 unspecified atom stereocenters. The highest BCUT2D eigenvalue weighted by Crippen LogP contribution is 2.21. The predicted molar refractivity (Wildman–Crippen MR) is 153 cm³/mol. The van der Waals surface area contributed by atoms with Gasteiger partial charge in [-0.2, -0.15) is 0 Å². The minimum atomic E-state index is -0.865. The van der Waals surface area contributed by atoms with E-state index in [1.165, 1.54) is 11.1 Å². The zero-order valence-corrected chi connectivity index (χ0v) is 21.6. The molecule has 0 saturated heterocycles. The van der Waals surface area contributed by atoms with Crippen molar-refractivity contribution in [2.24, 2.45) is 5.73 Å². The molecule has 0 heterocycles. The fourth-order valence-corrected chi connectivity index (χ4v) is 4.25. The normalized spacial score (nSPS) is 11.3. The number of anilines is 1. The van der Waals surface area contributed by atoms with Gasteiger partial charge in [0, 0.05) is 30.8 Å². The van der Waals surface area contributed by atoms with Gasteiger partial charge in [0.25, 0.3) is 5.91 Å². The molecule has 7 heteroatoms. The van der Waals surface area contributed by atoms with E-state index in [0.29, 0.717) is 18.7 Å². The van der Waals surface area contributed by atoms with E-state index in [9.17, 15) is 14.4 Å². The molecule has 0 aliphatic heterocycles. The summed E-state index contributed by atoms with van der Waals surface area (Å²) in [5, 5.41) is 5.23. The van der Waals surface area contributed by atoms with Gasteiger partial charge in [-0.1, -0.05) is 91.0 Å². The summed E-state index contributed by atoms with van der Waals surface area (Å²) in [6.07, 6.45) is 0.278. The number of primary amides is 1. The van der Waals surface area contributed by atoms with Crippen molar-refractivity contribution in [3.63, 3.8) is 0 Å². The van der Waals surface area contributed by atoms with Crippen LogP contribution in [0.15, 0.2) is 115 Å². The summed E-state index contributed by atoms with van der Waals surface area (Å²) < 4.78 is 0. The van der Waals surface area contributed by atoms with Crippen molar-refractivity contribution in [1.82, 2.24) is 10.6 Å². The van der Waals surface area contributed by atoms with E-state index in [2.05, 4.69) is 39.8 Å². The molecule has 4 rings (SSSR count). The van der Waals surface area contributed by atoms with Crippen LogP contribution in [0.2, 0.25) is 0 Å². The lowest BCUT2D eigenvalue weighted by Gasteiger charge is -2.25. The van der Waals surface area contributed by atoms with Gasteiger partial charge < -0.3 is 21.3 Å². The Hall–Kier alpha value is -4.91. The highest BCUT2D eigenvalue weighted by molar-refractivity contribution is 5.97. The van der Waals surface area contributed by atoms with E-state index in [1.54, 1.807) is 12.1 Å². The van der Waals surface area contributed by atoms with Crippen LogP contribution in [-0.2, 0) is 29.1 Å². The molecule has 0 fully saturated rings. The summed E-state index contributed by atoms with van der Waals surface area (Å²) in [6.45, 7) is 1.16. The maximum atomic E-state index is 12.7. The van der Waals surface area contributed by atoms with Crippen LogP contribution in [0.4, 0.5) is 5.69 Å². The van der Waals surface area contributed by atoms with E-state index in [-0.39, 0.29) is 18.9 Å². The van der Waals surface area contributed by atoms with Crippen LogP contribution in [0.1, 0.15) is 27.0 Å². The average Bonchev–Trinajstić information content (AvgIpc) is 2.97. The highest BCUT2D eigenvalue weighted by Gasteiger charge is 2.19. The Labute approximate surface area is 228 Å². The molecule has 198 valence electrons. The number of nitrogens with two attached hydrogens (primary N) is 1. The first-order valence-electron chi connectivity index (χ1n) is 12.8. The van der Waals surface area contributed by atoms with Crippen molar-refractivity contribution in [3.05, 3.63) is 138 Å². The zero-order valence-electron chi connectivity index (χ0n) is 21.6. The lowest BCUT2D eigenvalue weighted by atomic mass is 10.1. The molecular formula is C32H32N4O3. The third-order valence-electron chi connectivity index (χ3n) is 6.30. The van der Waals surface area contributed by atoms with Gasteiger partial charge in [0.05, 0.1) is 6.54 Å². The number of rotatable bonds is 12. The van der Waals surface area contributed by atoms with Crippen LogP contribution in [0.25, 0.3) is 0 Å². The first kappa shape index (κ1) is 27.1. The molecule has 3 amide bonds. The Balaban J connectivity index is 1.36. The molecule has 39 heavy (non-hydrogen) atoms. The largest absolute Gasteiger partial charge is 0.368 e. The number of carbonyl (C=O) groups excluding carboxylic acids is 3. The molecule has 0 radical (unpaired) electrons. The summed E-state index contributed by atoms with van der Waals surface area (Å²) in [5.41, 5.74) is 10.1. The van der Waals surface area contributed by atoms with Crippen LogP contribution < -0.4 is 21.3 Å². The van der Waals surface area contributed by atoms with Crippen molar-refractivity contribution in [2.75, 3.05) is 11.4 Å². The summed E-state index contributed by atoms with van der Waals surface area (Å²) in [7, 11) is 0. The number of nitrogens with zero attached hydrogens (tertiary/aromatic N) is 1. The second kappa shape index (κ2) is 13.6. The first-order chi connectivity index (χ1) is 19.0. The number of nitrogens with one attached hydrogen (secondary N) is 2. The number of amides is 3. The molecule has 0 saturated carbocycles. The molecule has 4 aromatic rings. The van der Waals surface area contributed by atoms with Gasteiger partial charge in [-0.15, -0.1) is 0 Å². The molecule has 4 N–H and O–H groups in total. The van der Waals surface area contributed by atoms with E-state index >= 15 is 0 Å². The Morgan fingerprint density at radius 3 is 1.64 bits per heavy atom. The second-order valence-corrected chi connectivity index (χ2v) is 9.27. The van der Waals surface area contributed by atoms with Gasteiger partial charge >= 0.3 is 0 Å². The molecule has 4 aromatic carbocycles.